The van der Waals surface area contributed by atoms with Gasteiger partial charge in [-0.2, -0.15) is 18.3 Å². The summed E-state index contributed by atoms with van der Waals surface area (Å²) in [4.78, 5) is 4.12. The molecule has 1 aromatic heterocycles. The third kappa shape index (κ3) is 2.21. The van der Waals surface area contributed by atoms with Crippen molar-refractivity contribution in [2.75, 3.05) is 0 Å². The molecule has 6 heteroatoms. The maximum absolute atomic E-state index is 13.2. The van der Waals surface area contributed by atoms with E-state index in [4.69, 9.17) is 0 Å². The Balaban J connectivity index is 1.95. The average molecular weight is 315 g/mol. The van der Waals surface area contributed by atoms with E-state index in [1.54, 1.807) is 17.1 Å². The number of fused-ring (bicyclic) bond motifs is 2. The highest BCUT2D eigenvalue weighted by Crippen LogP contribution is 2.37. The molecule has 0 N–H and O–H groups in total. The second-order valence-electron chi connectivity index (χ2n) is 5.61. The summed E-state index contributed by atoms with van der Waals surface area (Å²) in [6, 6.07) is 7.95. The summed E-state index contributed by atoms with van der Waals surface area (Å²) in [7, 11) is 1.83. The van der Waals surface area contributed by atoms with Crippen molar-refractivity contribution >= 4 is 17.1 Å². The van der Waals surface area contributed by atoms with Gasteiger partial charge in [-0.25, -0.2) is 0 Å². The Hall–Kier alpha value is -2.63. The zero-order valence-electron chi connectivity index (χ0n) is 12.2. The van der Waals surface area contributed by atoms with Gasteiger partial charge in [-0.1, -0.05) is 6.07 Å². The number of aliphatic imine (C=N–C) groups is 1. The van der Waals surface area contributed by atoms with Crippen LogP contribution in [0.25, 0.3) is 22.0 Å². The molecule has 116 valence electrons. The van der Waals surface area contributed by atoms with E-state index in [-0.39, 0.29) is 0 Å². The van der Waals surface area contributed by atoms with Gasteiger partial charge in [0.25, 0.3) is 0 Å². The highest BCUT2D eigenvalue weighted by atomic mass is 19.4. The number of alkyl halides is 3. The summed E-state index contributed by atoms with van der Waals surface area (Å²) in [5.74, 6) is 0. The monoisotopic (exact) mass is 315 g/mol. The van der Waals surface area contributed by atoms with Gasteiger partial charge in [-0.05, 0) is 41.0 Å². The van der Waals surface area contributed by atoms with Crippen molar-refractivity contribution in [3.8, 4) is 11.1 Å². The summed E-state index contributed by atoms with van der Waals surface area (Å²) in [5.41, 5.74) is 2.97. The van der Waals surface area contributed by atoms with Crippen LogP contribution in [0.3, 0.4) is 0 Å². The lowest BCUT2D eigenvalue weighted by atomic mass is 9.93. The number of hydrogen-bond acceptors (Lipinski definition) is 2. The van der Waals surface area contributed by atoms with Crippen LogP contribution in [0.4, 0.5) is 13.2 Å². The Labute approximate surface area is 130 Å². The zero-order valence-corrected chi connectivity index (χ0v) is 12.2. The molecule has 0 aliphatic carbocycles. The summed E-state index contributed by atoms with van der Waals surface area (Å²) < 4.78 is 41.2. The first-order valence-corrected chi connectivity index (χ1v) is 7.09. The Morgan fingerprint density at radius 1 is 1.13 bits per heavy atom. The topological polar surface area (TPSA) is 30.2 Å². The molecule has 0 amide bonds. The van der Waals surface area contributed by atoms with Gasteiger partial charge >= 0.3 is 6.18 Å². The first-order chi connectivity index (χ1) is 10.9. The predicted molar refractivity (Wildman–Crippen MR) is 82.5 cm³/mol. The van der Waals surface area contributed by atoms with E-state index in [2.05, 4.69) is 10.1 Å². The van der Waals surface area contributed by atoms with Crippen molar-refractivity contribution in [1.82, 2.24) is 9.78 Å². The highest BCUT2D eigenvalue weighted by Gasteiger charge is 2.32. The number of halogens is 3. The molecule has 3 nitrogen and oxygen atoms in total. The first kappa shape index (κ1) is 14.0. The van der Waals surface area contributed by atoms with Crippen molar-refractivity contribution in [3.63, 3.8) is 0 Å². The number of nitrogens with zero attached hydrogens (tertiary/aromatic N) is 3. The van der Waals surface area contributed by atoms with E-state index in [1.807, 2.05) is 25.2 Å². The molecule has 0 atom stereocenters. The smallest absolute Gasteiger partial charge is 0.288 e. The van der Waals surface area contributed by atoms with Gasteiger partial charge in [0.05, 0.1) is 23.8 Å². The summed E-state index contributed by atoms with van der Waals surface area (Å²) >= 11 is 0. The second kappa shape index (κ2) is 4.68. The van der Waals surface area contributed by atoms with E-state index in [0.717, 1.165) is 22.0 Å². The summed E-state index contributed by atoms with van der Waals surface area (Å²) in [6.45, 7) is 0.293. The molecule has 1 aliphatic heterocycles. The fraction of sp³-hybridized carbons (Fsp3) is 0.176. The van der Waals surface area contributed by atoms with Gasteiger partial charge in [0.1, 0.15) is 0 Å². The normalized spacial score (nSPS) is 13.7. The minimum Gasteiger partial charge on any atom is -0.288 e. The van der Waals surface area contributed by atoms with Crippen LogP contribution in [0.5, 0.6) is 0 Å². The lowest BCUT2D eigenvalue weighted by Gasteiger charge is -2.13. The molecule has 1 aliphatic rings. The van der Waals surface area contributed by atoms with Crippen LogP contribution in [0, 0.1) is 0 Å². The standard InChI is InChI=1S/C17H12F3N3/c1-23-16-3-2-10(4-12(16)8-22-23)14-6-13(17(18,19)20)5-11-7-21-9-15(11)14/h2-6,8-9H,7H2,1H3. The zero-order chi connectivity index (χ0) is 16.2. The molecule has 0 spiro atoms. The fourth-order valence-electron chi connectivity index (χ4n) is 2.97. The molecule has 0 bridgehead atoms. The van der Waals surface area contributed by atoms with Gasteiger partial charge in [-0.3, -0.25) is 9.67 Å². The number of aryl methyl sites for hydroxylation is 1. The molecule has 0 unspecified atom stereocenters. The maximum atomic E-state index is 13.2. The van der Waals surface area contributed by atoms with E-state index in [1.165, 1.54) is 12.1 Å². The number of hydrogen-bond donors (Lipinski definition) is 0. The molecule has 0 saturated heterocycles. The molecule has 2 aromatic carbocycles. The summed E-state index contributed by atoms with van der Waals surface area (Å²) in [6.07, 6.45) is -1.01. The molecular formula is C17H12F3N3. The molecule has 0 saturated carbocycles. The van der Waals surface area contributed by atoms with Crippen LogP contribution >= 0.6 is 0 Å². The first-order valence-electron chi connectivity index (χ1n) is 7.09. The minimum absolute atomic E-state index is 0.293. The predicted octanol–water partition coefficient (Wildman–Crippen LogP) is 4.19. The van der Waals surface area contributed by atoms with Crippen molar-refractivity contribution in [1.29, 1.82) is 0 Å². The van der Waals surface area contributed by atoms with Gasteiger partial charge in [-0.15, -0.1) is 0 Å². The van der Waals surface area contributed by atoms with Crippen molar-refractivity contribution in [2.24, 2.45) is 12.0 Å². The molecule has 4 rings (SSSR count). The van der Waals surface area contributed by atoms with Crippen LogP contribution in [-0.4, -0.2) is 16.0 Å². The SMILES string of the molecule is Cn1ncc2cc(-c3cc(C(F)(F)F)cc4c3C=NC4)ccc21. The lowest BCUT2D eigenvalue weighted by Crippen LogP contribution is -2.07. The van der Waals surface area contributed by atoms with Crippen LogP contribution in [-0.2, 0) is 19.8 Å². The number of rotatable bonds is 1. The molecular weight excluding hydrogens is 303 g/mol. The van der Waals surface area contributed by atoms with Crippen molar-refractivity contribution < 1.29 is 13.2 Å². The quantitative estimate of drug-likeness (QED) is 0.662. The second-order valence-corrected chi connectivity index (χ2v) is 5.61. The number of benzene rings is 2. The Morgan fingerprint density at radius 2 is 1.96 bits per heavy atom. The lowest BCUT2D eigenvalue weighted by molar-refractivity contribution is -0.137. The molecule has 2 heterocycles. The van der Waals surface area contributed by atoms with Crippen molar-refractivity contribution in [2.45, 2.75) is 12.7 Å². The molecule has 0 fully saturated rings. The van der Waals surface area contributed by atoms with E-state index >= 15 is 0 Å². The van der Waals surface area contributed by atoms with Crippen LogP contribution in [0.15, 0.2) is 41.5 Å². The minimum atomic E-state index is -4.37. The van der Waals surface area contributed by atoms with E-state index in [9.17, 15) is 13.2 Å². The Kier molecular flexibility index (Phi) is 2.85. The van der Waals surface area contributed by atoms with Gasteiger partial charge < -0.3 is 0 Å². The van der Waals surface area contributed by atoms with E-state index < -0.39 is 11.7 Å². The number of aromatic nitrogens is 2. The molecule has 3 aromatic rings. The van der Waals surface area contributed by atoms with E-state index in [0.29, 0.717) is 17.7 Å². The Morgan fingerprint density at radius 3 is 2.74 bits per heavy atom. The highest BCUT2D eigenvalue weighted by molar-refractivity contribution is 5.96. The van der Waals surface area contributed by atoms with Crippen molar-refractivity contribution in [3.05, 3.63) is 53.2 Å². The Bertz CT molecular complexity index is 952. The van der Waals surface area contributed by atoms with Gasteiger partial charge in [0.15, 0.2) is 0 Å². The maximum Gasteiger partial charge on any atom is 0.416 e. The van der Waals surface area contributed by atoms with Gasteiger partial charge in [0.2, 0.25) is 0 Å². The average Bonchev–Trinajstić information content (AvgIpc) is 3.12. The molecule has 23 heavy (non-hydrogen) atoms. The van der Waals surface area contributed by atoms with Crippen LogP contribution in [0.2, 0.25) is 0 Å². The fourth-order valence-corrected chi connectivity index (χ4v) is 2.97. The largest absolute Gasteiger partial charge is 0.416 e. The van der Waals surface area contributed by atoms with Crippen LogP contribution < -0.4 is 0 Å². The van der Waals surface area contributed by atoms with Crippen LogP contribution in [0.1, 0.15) is 16.7 Å². The molecule has 0 radical (unpaired) electrons. The third-order valence-electron chi connectivity index (χ3n) is 4.13. The van der Waals surface area contributed by atoms with Gasteiger partial charge in [0, 0.05) is 24.2 Å². The summed E-state index contributed by atoms with van der Waals surface area (Å²) in [5, 5.41) is 5.06. The third-order valence-corrected chi connectivity index (χ3v) is 4.13.